The average Bonchev–Trinajstić information content (AvgIpc) is 3.19. The summed E-state index contributed by atoms with van der Waals surface area (Å²) < 4.78 is 29.4. The largest absolute Gasteiger partial charge is 0.346 e. The van der Waals surface area contributed by atoms with Crippen LogP contribution in [0.1, 0.15) is 30.3 Å². The van der Waals surface area contributed by atoms with Gasteiger partial charge in [-0.05, 0) is 38.0 Å². The maximum atomic E-state index is 12.4. The van der Waals surface area contributed by atoms with Crippen LogP contribution in [0.25, 0.3) is 0 Å². The highest BCUT2D eigenvalue weighted by molar-refractivity contribution is 7.92. The van der Waals surface area contributed by atoms with Gasteiger partial charge in [-0.1, -0.05) is 0 Å². The summed E-state index contributed by atoms with van der Waals surface area (Å²) in [6.45, 7) is 2.18. The van der Waals surface area contributed by atoms with Crippen molar-refractivity contribution in [1.29, 1.82) is 0 Å². The van der Waals surface area contributed by atoms with Gasteiger partial charge in [0.05, 0.1) is 11.9 Å². The zero-order valence-electron chi connectivity index (χ0n) is 11.8. The molecule has 6 nitrogen and oxygen atoms in total. The second-order valence-electron chi connectivity index (χ2n) is 5.30. The first-order valence-corrected chi connectivity index (χ1v) is 8.34. The predicted octanol–water partition coefficient (Wildman–Crippen LogP) is 1.79. The molecule has 0 saturated heterocycles. The topological polar surface area (TPSA) is 90.0 Å². The van der Waals surface area contributed by atoms with Gasteiger partial charge >= 0.3 is 0 Å². The van der Waals surface area contributed by atoms with E-state index in [1.165, 1.54) is 6.20 Å². The van der Waals surface area contributed by atoms with Crippen LogP contribution in [0.3, 0.4) is 0 Å². The molecular formula is C14H18N4O2S. The molecule has 1 aliphatic carbocycles. The fraction of sp³-hybridized carbons (Fsp3) is 0.357. The Labute approximate surface area is 124 Å². The monoisotopic (exact) mass is 306 g/mol. The van der Waals surface area contributed by atoms with Gasteiger partial charge in [-0.25, -0.2) is 8.42 Å². The highest BCUT2D eigenvalue weighted by atomic mass is 32.2. The molecule has 112 valence electrons. The van der Waals surface area contributed by atoms with E-state index in [0.29, 0.717) is 18.3 Å². The number of rotatable bonds is 5. The smallest absolute Gasteiger partial charge is 0.263 e. The molecule has 3 rings (SSSR count). The molecule has 0 spiro atoms. The summed E-state index contributed by atoms with van der Waals surface area (Å²) in [5.41, 5.74) is 7.83. The van der Waals surface area contributed by atoms with E-state index in [1.54, 1.807) is 24.4 Å². The Hall–Kier alpha value is -1.86. The van der Waals surface area contributed by atoms with E-state index in [9.17, 15) is 8.42 Å². The van der Waals surface area contributed by atoms with Crippen LogP contribution in [0.15, 0.2) is 35.5 Å². The zero-order chi connectivity index (χ0) is 15.0. The van der Waals surface area contributed by atoms with Crippen LogP contribution in [-0.2, 0) is 16.6 Å². The standard InChI is InChI=1S/C14H18N4O2S/c1-10-2-3-11(8-16-10)17-21(19,20)14-6-13(7-15)18(9-14)12-4-5-12/h2-3,6,8-9,12,17H,4-5,7,15H2,1H3. The number of aromatic nitrogens is 2. The minimum atomic E-state index is -3.61. The lowest BCUT2D eigenvalue weighted by molar-refractivity contribution is 0.600. The summed E-state index contributed by atoms with van der Waals surface area (Å²) in [5, 5.41) is 0. The predicted molar refractivity (Wildman–Crippen MR) is 80.4 cm³/mol. The second kappa shape index (κ2) is 5.16. The summed E-state index contributed by atoms with van der Waals surface area (Å²) in [7, 11) is -3.61. The van der Waals surface area contributed by atoms with Gasteiger partial charge in [0.1, 0.15) is 4.90 Å². The number of aryl methyl sites for hydroxylation is 1. The number of hydrogen-bond donors (Lipinski definition) is 2. The maximum absolute atomic E-state index is 12.4. The molecule has 0 aromatic carbocycles. The van der Waals surface area contributed by atoms with Crippen molar-refractivity contribution < 1.29 is 8.42 Å². The van der Waals surface area contributed by atoms with E-state index in [4.69, 9.17) is 5.73 Å². The Kier molecular flexibility index (Phi) is 3.46. The van der Waals surface area contributed by atoms with E-state index < -0.39 is 10.0 Å². The molecule has 2 aromatic rings. The van der Waals surface area contributed by atoms with Crippen LogP contribution in [0.5, 0.6) is 0 Å². The SMILES string of the molecule is Cc1ccc(NS(=O)(=O)c2cc(CN)n(C3CC3)c2)cn1. The number of nitrogens with zero attached hydrogens (tertiary/aromatic N) is 2. The van der Waals surface area contributed by atoms with Crippen molar-refractivity contribution in [3.63, 3.8) is 0 Å². The van der Waals surface area contributed by atoms with Crippen molar-refractivity contribution in [3.05, 3.63) is 42.0 Å². The Balaban J connectivity index is 1.89. The summed E-state index contributed by atoms with van der Waals surface area (Å²) in [4.78, 5) is 4.33. The number of sulfonamides is 1. The zero-order valence-corrected chi connectivity index (χ0v) is 12.6. The fourth-order valence-corrected chi connectivity index (χ4v) is 3.33. The molecule has 1 aliphatic rings. The minimum Gasteiger partial charge on any atom is -0.346 e. The first-order valence-electron chi connectivity index (χ1n) is 6.86. The van der Waals surface area contributed by atoms with Gasteiger partial charge in [-0.3, -0.25) is 9.71 Å². The Morgan fingerprint density at radius 3 is 2.76 bits per heavy atom. The molecule has 21 heavy (non-hydrogen) atoms. The molecule has 7 heteroatoms. The van der Waals surface area contributed by atoms with Crippen molar-refractivity contribution in [3.8, 4) is 0 Å². The van der Waals surface area contributed by atoms with E-state index in [0.717, 1.165) is 24.2 Å². The molecule has 2 heterocycles. The molecule has 0 unspecified atom stereocenters. The van der Waals surface area contributed by atoms with Crippen molar-refractivity contribution in [2.24, 2.45) is 5.73 Å². The lowest BCUT2D eigenvalue weighted by Gasteiger charge is -2.06. The molecule has 0 aliphatic heterocycles. The lowest BCUT2D eigenvalue weighted by Crippen LogP contribution is -2.12. The summed E-state index contributed by atoms with van der Waals surface area (Å²) in [6.07, 6.45) is 5.34. The van der Waals surface area contributed by atoms with E-state index in [-0.39, 0.29) is 4.90 Å². The third kappa shape index (κ3) is 2.93. The molecule has 2 aromatic heterocycles. The molecule has 0 atom stereocenters. The molecule has 1 fully saturated rings. The Morgan fingerprint density at radius 1 is 1.43 bits per heavy atom. The van der Waals surface area contributed by atoms with E-state index >= 15 is 0 Å². The number of nitrogens with one attached hydrogen (secondary N) is 1. The van der Waals surface area contributed by atoms with Crippen molar-refractivity contribution in [2.75, 3.05) is 4.72 Å². The van der Waals surface area contributed by atoms with Gasteiger partial charge in [0.25, 0.3) is 10.0 Å². The number of hydrogen-bond acceptors (Lipinski definition) is 4. The summed E-state index contributed by atoms with van der Waals surface area (Å²) in [5.74, 6) is 0. The highest BCUT2D eigenvalue weighted by Gasteiger charge is 2.27. The van der Waals surface area contributed by atoms with Gasteiger partial charge in [0, 0.05) is 30.2 Å². The van der Waals surface area contributed by atoms with Crippen molar-refractivity contribution in [2.45, 2.75) is 37.2 Å². The Bertz CT molecular complexity index is 746. The van der Waals surface area contributed by atoms with Crippen molar-refractivity contribution in [1.82, 2.24) is 9.55 Å². The molecular weight excluding hydrogens is 288 g/mol. The normalized spacial score (nSPS) is 15.1. The molecule has 0 amide bonds. The van der Waals surface area contributed by atoms with Crippen LogP contribution in [0.4, 0.5) is 5.69 Å². The third-order valence-corrected chi connectivity index (χ3v) is 4.88. The van der Waals surface area contributed by atoms with Crippen LogP contribution in [-0.4, -0.2) is 18.0 Å². The van der Waals surface area contributed by atoms with Gasteiger partial charge in [-0.2, -0.15) is 0 Å². The molecule has 1 saturated carbocycles. The fourth-order valence-electron chi connectivity index (χ4n) is 2.24. The van der Waals surface area contributed by atoms with E-state index in [2.05, 4.69) is 9.71 Å². The highest BCUT2D eigenvalue weighted by Crippen LogP contribution is 2.37. The number of anilines is 1. The first-order chi connectivity index (χ1) is 9.99. The average molecular weight is 306 g/mol. The van der Waals surface area contributed by atoms with Crippen LogP contribution in [0.2, 0.25) is 0 Å². The summed E-state index contributed by atoms with van der Waals surface area (Å²) >= 11 is 0. The molecule has 3 N–H and O–H groups in total. The van der Waals surface area contributed by atoms with Gasteiger partial charge < -0.3 is 10.3 Å². The number of pyridine rings is 1. The first kappa shape index (κ1) is 14.1. The quantitative estimate of drug-likeness (QED) is 0.881. The summed E-state index contributed by atoms with van der Waals surface area (Å²) in [6, 6.07) is 5.50. The van der Waals surface area contributed by atoms with E-state index in [1.807, 2.05) is 11.5 Å². The van der Waals surface area contributed by atoms with Gasteiger partial charge in [-0.15, -0.1) is 0 Å². The van der Waals surface area contributed by atoms with Crippen LogP contribution < -0.4 is 10.5 Å². The lowest BCUT2D eigenvalue weighted by atomic mass is 10.4. The van der Waals surface area contributed by atoms with Gasteiger partial charge in [0.2, 0.25) is 0 Å². The van der Waals surface area contributed by atoms with Crippen LogP contribution in [0, 0.1) is 6.92 Å². The maximum Gasteiger partial charge on any atom is 0.263 e. The molecule has 0 radical (unpaired) electrons. The molecule has 0 bridgehead atoms. The number of nitrogens with two attached hydrogens (primary N) is 1. The minimum absolute atomic E-state index is 0.246. The van der Waals surface area contributed by atoms with Gasteiger partial charge in [0.15, 0.2) is 0 Å². The van der Waals surface area contributed by atoms with Crippen molar-refractivity contribution >= 4 is 15.7 Å². The van der Waals surface area contributed by atoms with Crippen LogP contribution >= 0.6 is 0 Å². The third-order valence-electron chi connectivity index (χ3n) is 3.53. The second-order valence-corrected chi connectivity index (χ2v) is 6.99. The Morgan fingerprint density at radius 2 is 2.19 bits per heavy atom.